The quantitative estimate of drug-likeness (QED) is 0.800. The van der Waals surface area contributed by atoms with Crippen LogP contribution in [0.5, 0.6) is 11.5 Å². The van der Waals surface area contributed by atoms with Crippen molar-refractivity contribution in [2.75, 3.05) is 0 Å². The third-order valence-electron chi connectivity index (χ3n) is 2.42. The summed E-state index contributed by atoms with van der Waals surface area (Å²) in [7, 11) is 0. The summed E-state index contributed by atoms with van der Waals surface area (Å²) in [5.41, 5.74) is 0.824. The SMILES string of the molecule is Cc1cc(Oc2ccc(Cl)cc2C#N)ccc1F. The number of hydrogen-bond acceptors (Lipinski definition) is 2. The van der Waals surface area contributed by atoms with E-state index in [1.165, 1.54) is 18.2 Å². The fraction of sp³-hybridized carbons (Fsp3) is 0.0714. The molecule has 2 nitrogen and oxygen atoms in total. The van der Waals surface area contributed by atoms with Gasteiger partial charge in [-0.3, -0.25) is 0 Å². The molecule has 0 unspecified atom stereocenters. The summed E-state index contributed by atoms with van der Waals surface area (Å²) >= 11 is 5.79. The maximum Gasteiger partial charge on any atom is 0.145 e. The second-order valence-electron chi connectivity index (χ2n) is 3.77. The molecule has 18 heavy (non-hydrogen) atoms. The minimum absolute atomic E-state index is 0.293. The first-order valence-electron chi connectivity index (χ1n) is 5.24. The van der Waals surface area contributed by atoms with E-state index < -0.39 is 0 Å². The Bertz CT molecular complexity index is 634. The summed E-state index contributed by atoms with van der Waals surface area (Å²) in [5.74, 6) is 0.583. The van der Waals surface area contributed by atoms with Crippen molar-refractivity contribution in [1.29, 1.82) is 5.26 Å². The molecule has 2 rings (SSSR count). The van der Waals surface area contributed by atoms with Gasteiger partial charge in [-0.05, 0) is 48.9 Å². The number of aryl methyl sites for hydroxylation is 1. The number of halogens is 2. The first-order chi connectivity index (χ1) is 8.60. The van der Waals surface area contributed by atoms with Gasteiger partial charge in [0.05, 0.1) is 5.56 Å². The van der Waals surface area contributed by atoms with Gasteiger partial charge >= 0.3 is 0 Å². The topological polar surface area (TPSA) is 33.0 Å². The van der Waals surface area contributed by atoms with Crippen molar-refractivity contribution < 1.29 is 9.13 Å². The van der Waals surface area contributed by atoms with Gasteiger partial charge in [-0.15, -0.1) is 0 Å². The summed E-state index contributed by atoms with van der Waals surface area (Å²) in [6.45, 7) is 1.65. The van der Waals surface area contributed by atoms with Crippen LogP contribution in [0.3, 0.4) is 0 Å². The molecule has 0 heterocycles. The summed E-state index contributed by atoms with van der Waals surface area (Å²) in [6.07, 6.45) is 0. The van der Waals surface area contributed by atoms with Crippen LogP contribution in [0.4, 0.5) is 4.39 Å². The summed E-state index contributed by atoms with van der Waals surface area (Å²) < 4.78 is 18.7. The number of nitrogens with zero attached hydrogens (tertiary/aromatic N) is 1. The second-order valence-corrected chi connectivity index (χ2v) is 4.20. The lowest BCUT2D eigenvalue weighted by Gasteiger charge is -2.08. The van der Waals surface area contributed by atoms with Crippen molar-refractivity contribution in [3.63, 3.8) is 0 Å². The smallest absolute Gasteiger partial charge is 0.145 e. The van der Waals surface area contributed by atoms with Gasteiger partial charge in [0.2, 0.25) is 0 Å². The van der Waals surface area contributed by atoms with Crippen LogP contribution in [0.2, 0.25) is 5.02 Å². The number of rotatable bonds is 2. The molecule has 2 aromatic rings. The van der Waals surface area contributed by atoms with Crippen LogP contribution < -0.4 is 4.74 Å². The zero-order chi connectivity index (χ0) is 13.1. The molecule has 0 aliphatic carbocycles. The van der Waals surface area contributed by atoms with E-state index in [0.717, 1.165) is 0 Å². The minimum Gasteiger partial charge on any atom is -0.456 e. The van der Waals surface area contributed by atoms with Crippen LogP contribution in [-0.4, -0.2) is 0 Å². The molecule has 2 aromatic carbocycles. The minimum atomic E-state index is -0.293. The summed E-state index contributed by atoms with van der Waals surface area (Å²) in [5, 5.41) is 9.44. The molecule has 0 spiro atoms. The number of nitriles is 1. The molecule has 0 fully saturated rings. The third-order valence-corrected chi connectivity index (χ3v) is 2.65. The van der Waals surface area contributed by atoms with Gasteiger partial charge in [-0.2, -0.15) is 5.26 Å². The number of hydrogen-bond donors (Lipinski definition) is 0. The molecule has 0 radical (unpaired) electrons. The van der Waals surface area contributed by atoms with Gasteiger partial charge < -0.3 is 4.74 Å². The van der Waals surface area contributed by atoms with Crippen molar-refractivity contribution in [2.24, 2.45) is 0 Å². The lowest BCUT2D eigenvalue weighted by atomic mass is 10.2. The number of ether oxygens (including phenoxy) is 1. The lowest BCUT2D eigenvalue weighted by molar-refractivity contribution is 0.478. The largest absolute Gasteiger partial charge is 0.456 e. The summed E-state index contributed by atoms with van der Waals surface area (Å²) in [4.78, 5) is 0. The molecule has 4 heteroatoms. The predicted octanol–water partition coefficient (Wildman–Crippen LogP) is 4.45. The highest BCUT2D eigenvalue weighted by molar-refractivity contribution is 6.30. The van der Waals surface area contributed by atoms with Crippen molar-refractivity contribution in [3.8, 4) is 17.6 Å². The van der Waals surface area contributed by atoms with Crippen molar-refractivity contribution in [3.05, 3.63) is 58.4 Å². The normalized spacial score (nSPS) is 9.89. The van der Waals surface area contributed by atoms with E-state index in [0.29, 0.717) is 27.6 Å². The molecule has 0 saturated carbocycles. The molecule has 0 aliphatic rings. The zero-order valence-electron chi connectivity index (χ0n) is 9.58. The van der Waals surface area contributed by atoms with Crippen LogP contribution in [0.15, 0.2) is 36.4 Å². The van der Waals surface area contributed by atoms with Crippen molar-refractivity contribution >= 4 is 11.6 Å². The Hall–Kier alpha value is -2.05. The highest BCUT2D eigenvalue weighted by Crippen LogP contribution is 2.28. The van der Waals surface area contributed by atoms with E-state index in [1.807, 2.05) is 6.07 Å². The molecule has 0 amide bonds. The molecule has 0 bridgehead atoms. The molecule has 0 N–H and O–H groups in total. The van der Waals surface area contributed by atoms with Gasteiger partial charge in [0.25, 0.3) is 0 Å². The van der Waals surface area contributed by atoms with Gasteiger partial charge in [0.15, 0.2) is 0 Å². The van der Waals surface area contributed by atoms with Crippen molar-refractivity contribution in [2.45, 2.75) is 6.92 Å². The first kappa shape index (κ1) is 12.4. The van der Waals surface area contributed by atoms with Crippen LogP contribution in [0, 0.1) is 24.1 Å². The highest BCUT2D eigenvalue weighted by Gasteiger charge is 2.06. The Kier molecular flexibility index (Phi) is 3.50. The van der Waals surface area contributed by atoms with Crippen LogP contribution in [-0.2, 0) is 0 Å². The maximum absolute atomic E-state index is 13.1. The Morgan fingerprint density at radius 1 is 1.22 bits per heavy atom. The monoisotopic (exact) mass is 261 g/mol. The molecule has 0 saturated heterocycles. The van der Waals surface area contributed by atoms with E-state index in [4.69, 9.17) is 21.6 Å². The van der Waals surface area contributed by atoms with Gasteiger partial charge in [-0.25, -0.2) is 4.39 Å². The highest BCUT2D eigenvalue weighted by atomic mass is 35.5. The molecular weight excluding hydrogens is 253 g/mol. The number of benzene rings is 2. The van der Waals surface area contributed by atoms with E-state index in [-0.39, 0.29) is 5.82 Å². The Balaban J connectivity index is 2.34. The fourth-order valence-corrected chi connectivity index (χ4v) is 1.66. The maximum atomic E-state index is 13.1. The molecular formula is C14H9ClFNO. The average molecular weight is 262 g/mol. The van der Waals surface area contributed by atoms with Gasteiger partial charge in [0, 0.05) is 5.02 Å². The third kappa shape index (κ3) is 2.61. The van der Waals surface area contributed by atoms with E-state index in [2.05, 4.69) is 0 Å². The molecule has 90 valence electrons. The van der Waals surface area contributed by atoms with Gasteiger partial charge in [0.1, 0.15) is 23.4 Å². The second kappa shape index (κ2) is 5.07. The van der Waals surface area contributed by atoms with E-state index in [1.54, 1.807) is 25.1 Å². The molecule has 0 aromatic heterocycles. The average Bonchev–Trinajstić information content (AvgIpc) is 2.36. The van der Waals surface area contributed by atoms with E-state index >= 15 is 0 Å². The lowest BCUT2D eigenvalue weighted by Crippen LogP contribution is -1.90. The van der Waals surface area contributed by atoms with Crippen LogP contribution in [0.1, 0.15) is 11.1 Å². The van der Waals surface area contributed by atoms with Crippen LogP contribution in [0.25, 0.3) is 0 Å². The predicted molar refractivity (Wildman–Crippen MR) is 67.4 cm³/mol. The first-order valence-corrected chi connectivity index (χ1v) is 5.61. The molecule has 0 atom stereocenters. The standard InChI is InChI=1S/C14H9ClFNO/c1-9-6-12(3-4-13(9)16)18-14-5-2-11(15)7-10(14)8-17/h2-7H,1H3. The Morgan fingerprint density at radius 3 is 2.67 bits per heavy atom. The van der Waals surface area contributed by atoms with Gasteiger partial charge in [-0.1, -0.05) is 11.6 Å². The van der Waals surface area contributed by atoms with Crippen molar-refractivity contribution in [1.82, 2.24) is 0 Å². The van der Waals surface area contributed by atoms with Crippen LogP contribution >= 0.6 is 11.6 Å². The fourth-order valence-electron chi connectivity index (χ4n) is 1.49. The zero-order valence-corrected chi connectivity index (χ0v) is 10.3. The van der Waals surface area contributed by atoms with E-state index in [9.17, 15) is 4.39 Å². The Morgan fingerprint density at radius 2 is 2.00 bits per heavy atom. The molecule has 0 aliphatic heterocycles. The Labute approximate surface area is 109 Å². The summed E-state index contributed by atoms with van der Waals surface area (Å²) in [6, 6.07) is 11.2.